The van der Waals surface area contributed by atoms with Crippen LogP contribution in [0.2, 0.25) is 0 Å². The minimum Gasteiger partial charge on any atom is -0.315 e. The van der Waals surface area contributed by atoms with Crippen molar-refractivity contribution in [1.29, 1.82) is 0 Å². The average molecular weight is 229 g/mol. The highest BCUT2D eigenvalue weighted by atomic mass is 15.1. The van der Waals surface area contributed by atoms with Crippen LogP contribution in [0.25, 0.3) is 0 Å². The lowest BCUT2D eigenvalue weighted by molar-refractivity contribution is 0.307. The van der Waals surface area contributed by atoms with Crippen LogP contribution in [0, 0.1) is 5.92 Å². The van der Waals surface area contributed by atoms with Crippen LogP contribution in [-0.2, 0) is 0 Å². The fraction of sp³-hybridized carbons (Fsp3) is 1.00. The summed E-state index contributed by atoms with van der Waals surface area (Å²) in [5.41, 5.74) is 0. The molecule has 0 aliphatic carbocycles. The summed E-state index contributed by atoms with van der Waals surface area (Å²) >= 11 is 0. The number of nitrogens with one attached hydrogen (secondary N) is 1. The Labute approximate surface area is 102 Å². The molecule has 0 rings (SSSR count). The molecule has 0 aliphatic heterocycles. The smallest absolute Gasteiger partial charge is 0.0104 e. The van der Waals surface area contributed by atoms with E-state index in [0.29, 0.717) is 0 Å². The van der Waals surface area contributed by atoms with Gasteiger partial charge in [-0.05, 0) is 59.5 Å². The SMILES string of the molecule is CC(C)CCN(C)CCNCCCN(C)C. The first-order chi connectivity index (χ1) is 7.52. The lowest BCUT2D eigenvalue weighted by Crippen LogP contribution is -2.31. The van der Waals surface area contributed by atoms with Gasteiger partial charge in [0.15, 0.2) is 0 Å². The first-order valence-electron chi connectivity index (χ1n) is 6.56. The van der Waals surface area contributed by atoms with Crippen LogP contribution in [-0.4, -0.2) is 63.7 Å². The molecule has 0 aromatic carbocycles. The molecule has 3 nitrogen and oxygen atoms in total. The predicted octanol–water partition coefficient (Wildman–Crippen LogP) is 1.51. The summed E-state index contributed by atoms with van der Waals surface area (Å²) in [6.45, 7) is 10.4. The molecule has 0 heterocycles. The molecular weight excluding hydrogens is 198 g/mol. The largest absolute Gasteiger partial charge is 0.315 e. The van der Waals surface area contributed by atoms with Crippen molar-refractivity contribution in [2.24, 2.45) is 5.92 Å². The fourth-order valence-corrected chi connectivity index (χ4v) is 1.51. The van der Waals surface area contributed by atoms with Crippen LogP contribution in [0.1, 0.15) is 26.7 Å². The lowest BCUT2D eigenvalue weighted by atomic mass is 10.1. The average Bonchev–Trinajstić information content (AvgIpc) is 2.19. The second-order valence-corrected chi connectivity index (χ2v) is 5.39. The maximum atomic E-state index is 3.49. The summed E-state index contributed by atoms with van der Waals surface area (Å²) in [6.07, 6.45) is 2.54. The zero-order valence-corrected chi connectivity index (χ0v) is 11.9. The molecule has 98 valence electrons. The van der Waals surface area contributed by atoms with Crippen LogP contribution in [0.4, 0.5) is 0 Å². The van der Waals surface area contributed by atoms with E-state index < -0.39 is 0 Å². The molecule has 0 aromatic rings. The van der Waals surface area contributed by atoms with Crippen LogP contribution >= 0.6 is 0 Å². The quantitative estimate of drug-likeness (QED) is 0.573. The standard InChI is InChI=1S/C13H31N3/c1-13(2)7-11-16(5)12-9-14-8-6-10-15(3)4/h13-14H,6-12H2,1-5H3. The van der Waals surface area contributed by atoms with Gasteiger partial charge in [0.2, 0.25) is 0 Å². The van der Waals surface area contributed by atoms with Crippen molar-refractivity contribution in [1.82, 2.24) is 15.1 Å². The molecule has 0 spiro atoms. The van der Waals surface area contributed by atoms with Gasteiger partial charge in [-0.3, -0.25) is 0 Å². The third-order valence-corrected chi connectivity index (χ3v) is 2.72. The van der Waals surface area contributed by atoms with Crippen molar-refractivity contribution in [2.75, 3.05) is 53.9 Å². The predicted molar refractivity (Wildman–Crippen MR) is 73.0 cm³/mol. The van der Waals surface area contributed by atoms with Gasteiger partial charge in [0.05, 0.1) is 0 Å². The number of nitrogens with zero attached hydrogens (tertiary/aromatic N) is 2. The molecule has 0 fully saturated rings. The summed E-state index contributed by atoms with van der Waals surface area (Å²) in [4.78, 5) is 4.65. The van der Waals surface area contributed by atoms with Gasteiger partial charge < -0.3 is 15.1 Å². The van der Waals surface area contributed by atoms with Crippen LogP contribution in [0.15, 0.2) is 0 Å². The van der Waals surface area contributed by atoms with E-state index >= 15 is 0 Å². The minimum atomic E-state index is 0.815. The van der Waals surface area contributed by atoms with E-state index in [9.17, 15) is 0 Å². The van der Waals surface area contributed by atoms with Gasteiger partial charge in [0.1, 0.15) is 0 Å². The summed E-state index contributed by atoms with van der Waals surface area (Å²) in [5, 5.41) is 3.49. The van der Waals surface area contributed by atoms with Crippen molar-refractivity contribution in [3.05, 3.63) is 0 Å². The van der Waals surface area contributed by atoms with Crippen molar-refractivity contribution < 1.29 is 0 Å². The molecule has 0 radical (unpaired) electrons. The zero-order valence-electron chi connectivity index (χ0n) is 11.9. The molecule has 1 N–H and O–H groups in total. The molecule has 0 aromatic heterocycles. The Balaban J connectivity index is 3.18. The molecule has 0 aliphatic rings. The summed E-state index contributed by atoms with van der Waals surface area (Å²) in [7, 11) is 6.46. The van der Waals surface area contributed by atoms with Gasteiger partial charge in [0.25, 0.3) is 0 Å². The molecule has 0 saturated heterocycles. The molecule has 0 unspecified atom stereocenters. The highest BCUT2D eigenvalue weighted by Gasteiger charge is 1.99. The van der Waals surface area contributed by atoms with Gasteiger partial charge >= 0.3 is 0 Å². The first-order valence-corrected chi connectivity index (χ1v) is 6.56. The molecular formula is C13H31N3. The second kappa shape index (κ2) is 10.1. The molecule has 0 amide bonds. The van der Waals surface area contributed by atoms with Crippen molar-refractivity contribution in [3.8, 4) is 0 Å². The molecule has 0 bridgehead atoms. The van der Waals surface area contributed by atoms with Crippen LogP contribution in [0.5, 0.6) is 0 Å². The highest BCUT2D eigenvalue weighted by Crippen LogP contribution is 1.99. The maximum absolute atomic E-state index is 3.49. The molecule has 0 atom stereocenters. The minimum absolute atomic E-state index is 0.815. The van der Waals surface area contributed by atoms with E-state index in [2.05, 4.69) is 50.1 Å². The van der Waals surface area contributed by atoms with E-state index in [0.717, 1.165) is 25.6 Å². The third-order valence-electron chi connectivity index (χ3n) is 2.72. The Morgan fingerprint density at radius 3 is 2.19 bits per heavy atom. The highest BCUT2D eigenvalue weighted by molar-refractivity contribution is 4.57. The monoisotopic (exact) mass is 229 g/mol. The van der Waals surface area contributed by atoms with E-state index in [-0.39, 0.29) is 0 Å². The fourth-order valence-electron chi connectivity index (χ4n) is 1.51. The number of hydrogen-bond donors (Lipinski definition) is 1. The normalized spacial score (nSPS) is 12.0. The number of likely N-dealkylation sites (N-methyl/N-ethyl adjacent to an activating group) is 1. The van der Waals surface area contributed by atoms with E-state index in [1.807, 2.05) is 0 Å². The van der Waals surface area contributed by atoms with Crippen molar-refractivity contribution >= 4 is 0 Å². The molecule has 3 heteroatoms. The Kier molecular flexibility index (Phi) is 9.99. The Morgan fingerprint density at radius 2 is 1.62 bits per heavy atom. The maximum Gasteiger partial charge on any atom is 0.0104 e. The van der Waals surface area contributed by atoms with Gasteiger partial charge in [0, 0.05) is 13.1 Å². The Morgan fingerprint density at radius 1 is 0.938 bits per heavy atom. The van der Waals surface area contributed by atoms with Crippen LogP contribution in [0.3, 0.4) is 0 Å². The van der Waals surface area contributed by atoms with E-state index in [1.165, 1.54) is 25.9 Å². The lowest BCUT2D eigenvalue weighted by Gasteiger charge is -2.18. The number of rotatable bonds is 10. The Hall–Kier alpha value is -0.120. The molecule has 0 saturated carbocycles. The van der Waals surface area contributed by atoms with E-state index in [4.69, 9.17) is 0 Å². The van der Waals surface area contributed by atoms with Gasteiger partial charge in [-0.15, -0.1) is 0 Å². The van der Waals surface area contributed by atoms with Gasteiger partial charge in [-0.25, -0.2) is 0 Å². The van der Waals surface area contributed by atoms with Gasteiger partial charge in [-0.1, -0.05) is 13.8 Å². The third kappa shape index (κ3) is 12.0. The van der Waals surface area contributed by atoms with Crippen LogP contribution < -0.4 is 5.32 Å². The van der Waals surface area contributed by atoms with Crippen molar-refractivity contribution in [3.63, 3.8) is 0 Å². The van der Waals surface area contributed by atoms with E-state index in [1.54, 1.807) is 0 Å². The second-order valence-electron chi connectivity index (χ2n) is 5.39. The summed E-state index contributed by atoms with van der Waals surface area (Å²) < 4.78 is 0. The molecule has 16 heavy (non-hydrogen) atoms. The Bertz CT molecular complexity index is 146. The topological polar surface area (TPSA) is 18.5 Å². The summed E-state index contributed by atoms with van der Waals surface area (Å²) in [5.74, 6) is 0.815. The number of hydrogen-bond acceptors (Lipinski definition) is 3. The van der Waals surface area contributed by atoms with Gasteiger partial charge in [-0.2, -0.15) is 0 Å². The summed E-state index contributed by atoms with van der Waals surface area (Å²) in [6, 6.07) is 0. The van der Waals surface area contributed by atoms with Crippen molar-refractivity contribution in [2.45, 2.75) is 26.7 Å². The first kappa shape index (κ1) is 15.9. The zero-order chi connectivity index (χ0) is 12.4.